The molecule has 0 saturated heterocycles. The van der Waals surface area contributed by atoms with E-state index in [1.54, 1.807) is 17.0 Å². The monoisotopic (exact) mass is 336 g/mol. The lowest BCUT2D eigenvalue weighted by molar-refractivity contribution is -0.684. The number of nitrogens with zero attached hydrogens (tertiary/aromatic N) is 3. The zero-order chi connectivity index (χ0) is 18.1. The summed E-state index contributed by atoms with van der Waals surface area (Å²) in [6.45, 7) is 9.35. The summed E-state index contributed by atoms with van der Waals surface area (Å²) in [6.07, 6.45) is 3.61. The first-order chi connectivity index (χ1) is 11.3. The van der Waals surface area contributed by atoms with Crippen LogP contribution in [0.1, 0.15) is 27.7 Å². The largest absolute Gasteiger partial charge is 0.304 e. The summed E-state index contributed by atoms with van der Waals surface area (Å²) in [5.74, 6) is 6.01. The fraction of sp³-hybridized carbons (Fsp3) is 0.588. The summed E-state index contributed by atoms with van der Waals surface area (Å²) in [7, 11) is 0. The van der Waals surface area contributed by atoms with Crippen LogP contribution in [0, 0.1) is 11.8 Å². The third-order valence-corrected chi connectivity index (χ3v) is 3.15. The van der Waals surface area contributed by atoms with Crippen molar-refractivity contribution < 1.29 is 14.2 Å². The van der Waals surface area contributed by atoms with E-state index in [0.717, 1.165) is 0 Å². The minimum absolute atomic E-state index is 0.0731. The SMILES string of the molecule is CC(C)CN(N)CC(=O)N(CC(C)C)NC(=O)C[n+]1ccccc1. The molecule has 3 N–H and O–H groups in total. The zero-order valence-corrected chi connectivity index (χ0v) is 15.1. The number of hydrazine groups is 2. The van der Waals surface area contributed by atoms with Crippen molar-refractivity contribution in [1.29, 1.82) is 0 Å². The predicted molar refractivity (Wildman–Crippen MR) is 91.9 cm³/mol. The quantitative estimate of drug-likeness (QED) is 0.407. The molecule has 1 rings (SSSR count). The van der Waals surface area contributed by atoms with Crippen molar-refractivity contribution in [3.05, 3.63) is 30.6 Å². The Bertz CT molecular complexity index is 519. The zero-order valence-electron chi connectivity index (χ0n) is 15.1. The Labute approximate surface area is 144 Å². The molecule has 0 radical (unpaired) electrons. The van der Waals surface area contributed by atoms with Crippen molar-refractivity contribution in [3.63, 3.8) is 0 Å². The molecule has 7 nitrogen and oxygen atoms in total. The standard InChI is InChI=1S/C17H29N5O2/c1-14(2)10-21(18)13-17(24)22(11-15(3)4)19-16(23)12-20-8-6-5-7-9-20/h5-9,14-15H,10-13,18H2,1-4H3/p+1. The molecule has 1 heterocycles. The molecule has 0 saturated carbocycles. The van der Waals surface area contributed by atoms with Gasteiger partial charge in [-0.05, 0) is 11.8 Å². The van der Waals surface area contributed by atoms with E-state index in [-0.39, 0.29) is 30.8 Å². The highest BCUT2D eigenvalue weighted by Gasteiger charge is 2.21. The number of nitrogens with one attached hydrogen (secondary N) is 1. The summed E-state index contributed by atoms with van der Waals surface area (Å²) in [5, 5.41) is 2.86. The molecular formula is C17H30N5O2+. The second-order valence-corrected chi connectivity index (χ2v) is 6.80. The van der Waals surface area contributed by atoms with Gasteiger partial charge in [0.1, 0.15) is 0 Å². The molecule has 2 amide bonds. The van der Waals surface area contributed by atoms with Gasteiger partial charge in [-0.15, -0.1) is 0 Å². The molecule has 0 unspecified atom stereocenters. The number of rotatable bonds is 8. The van der Waals surface area contributed by atoms with Crippen LogP contribution >= 0.6 is 0 Å². The highest BCUT2D eigenvalue weighted by atomic mass is 16.2. The van der Waals surface area contributed by atoms with E-state index in [2.05, 4.69) is 5.43 Å². The van der Waals surface area contributed by atoms with Gasteiger partial charge in [0.2, 0.25) is 6.54 Å². The molecule has 0 aliphatic rings. The average Bonchev–Trinajstić information content (AvgIpc) is 2.46. The van der Waals surface area contributed by atoms with Crippen molar-refractivity contribution >= 4 is 11.8 Å². The van der Waals surface area contributed by atoms with E-state index < -0.39 is 0 Å². The minimum atomic E-state index is -0.243. The number of aromatic nitrogens is 1. The van der Waals surface area contributed by atoms with Crippen LogP contribution in [0.4, 0.5) is 0 Å². The summed E-state index contributed by atoms with van der Waals surface area (Å²) < 4.78 is 1.75. The molecule has 7 heteroatoms. The Balaban J connectivity index is 2.63. The van der Waals surface area contributed by atoms with E-state index in [9.17, 15) is 9.59 Å². The molecular weight excluding hydrogens is 306 g/mol. The Hall–Kier alpha value is -1.99. The predicted octanol–water partition coefficient (Wildman–Crippen LogP) is 0.322. The fourth-order valence-corrected chi connectivity index (χ4v) is 2.26. The van der Waals surface area contributed by atoms with Crippen LogP contribution in [0.2, 0.25) is 0 Å². The van der Waals surface area contributed by atoms with Gasteiger partial charge in [0.25, 0.3) is 5.91 Å². The highest BCUT2D eigenvalue weighted by Crippen LogP contribution is 1.99. The third kappa shape index (κ3) is 8.03. The maximum Gasteiger partial charge on any atom is 0.304 e. The van der Waals surface area contributed by atoms with Crippen LogP contribution in [0.5, 0.6) is 0 Å². The van der Waals surface area contributed by atoms with Gasteiger partial charge in [0, 0.05) is 25.2 Å². The topological polar surface area (TPSA) is 82.5 Å². The first-order valence-electron chi connectivity index (χ1n) is 8.31. The Kier molecular flexibility index (Phi) is 8.35. The van der Waals surface area contributed by atoms with Gasteiger partial charge in [-0.1, -0.05) is 33.8 Å². The summed E-state index contributed by atoms with van der Waals surface area (Å²) in [6, 6.07) is 5.58. The maximum atomic E-state index is 12.4. The van der Waals surface area contributed by atoms with E-state index in [1.807, 2.05) is 45.9 Å². The normalized spacial score (nSPS) is 11.2. The van der Waals surface area contributed by atoms with Crippen LogP contribution < -0.4 is 15.8 Å². The molecule has 0 aliphatic carbocycles. The first-order valence-corrected chi connectivity index (χ1v) is 8.31. The van der Waals surface area contributed by atoms with E-state index >= 15 is 0 Å². The molecule has 0 spiro atoms. The number of hydrogen-bond acceptors (Lipinski definition) is 4. The number of amides is 2. The molecule has 0 aliphatic heterocycles. The molecule has 134 valence electrons. The second-order valence-electron chi connectivity index (χ2n) is 6.80. The van der Waals surface area contributed by atoms with Gasteiger partial charge in [0.05, 0.1) is 6.54 Å². The number of hydrogen-bond donors (Lipinski definition) is 2. The summed E-state index contributed by atoms with van der Waals surface area (Å²) >= 11 is 0. The lowest BCUT2D eigenvalue weighted by Gasteiger charge is -2.27. The second kappa shape index (κ2) is 10.00. The van der Waals surface area contributed by atoms with Crippen LogP contribution in [0.15, 0.2) is 30.6 Å². The molecule has 1 aromatic heterocycles. The minimum Gasteiger partial charge on any atom is -0.271 e. The number of carbonyl (C=O) groups excluding carboxylic acids is 2. The van der Waals surface area contributed by atoms with Gasteiger partial charge in [-0.25, -0.2) is 5.01 Å². The fourth-order valence-electron chi connectivity index (χ4n) is 2.26. The van der Waals surface area contributed by atoms with Gasteiger partial charge >= 0.3 is 5.91 Å². The van der Waals surface area contributed by atoms with E-state index in [1.165, 1.54) is 10.0 Å². The lowest BCUT2D eigenvalue weighted by atomic mass is 10.2. The summed E-state index contributed by atoms with van der Waals surface area (Å²) in [4.78, 5) is 24.6. The number of carbonyl (C=O) groups is 2. The van der Waals surface area contributed by atoms with Gasteiger partial charge in [-0.3, -0.25) is 25.9 Å². The van der Waals surface area contributed by atoms with E-state index in [0.29, 0.717) is 19.0 Å². The van der Waals surface area contributed by atoms with Crippen molar-refractivity contribution in [2.45, 2.75) is 34.2 Å². The van der Waals surface area contributed by atoms with E-state index in [4.69, 9.17) is 5.84 Å². The Morgan fingerprint density at radius 3 is 2.17 bits per heavy atom. The maximum absolute atomic E-state index is 12.4. The molecule has 0 aromatic carbocycles. The van der Waals surface area contributed by atoms with Gasteiger partial charge in [-0.2, -0.15) is 4.57 Å². The smallest absolute Gasteiger partial charge is 0.271 e. The molecule has 1 aromatic rings. The van der Waals surface area contributed by atoms with Crippen molar-refractivity contribution in [1.82, 2.24) is 15.4 Å². The van der Waals surface area contributed by atoms with Gasteiger partial charge in [0.15, 0.2) is 12.4 Å². The third-order valence-electron chi connectivity index (χ3n) is 3.15. The van der Waals surface area contributed by atoms with Crippen molar-refractivity contribution in [3.8, 4) is 0 Å². The Morgan fingerprint density at radius 2 is 1.62 bits per heavy atom. The highest BCUT2D eigenvalue weighted by molar-refractivity contribution is 5.82. The van der Waals surface area contributed by atoms with Crippen LogP contribution in [-0.2, 0) is 16.1 Å². The summed E-state index contributed by atoms with van der Waals surface area (Å²) in [5.41, 5.74) is 2.70. The van der Waals surface area contributed by atoms with Crippen LogP contribution in [-0.4, -0.2) is 41.5 Å². The Morgan fingerprint density at radius 1 is 1.04 bits per heavy atom. The number of pyridine rings is 1. The molecule has 0 fully saturated rings. The molecule has 0 bridgehead atoms. The first kappa shape index (κ1) is 20.1. The van der Waals surface area contributed by atoms with Gasteiger partial charge < -0.3 is 0 Å². The van der Waals surface area contributed by atoms with Crippen molar-refractivity contribution in [2.75, 3.05) is 19.6 Å². The lowest BCUT2D eigenvalue weighted by Crippen LogP contribution is -2.55. The molecule has 0 atom stereocenters. The van der Waals surface area contributed by atoms with Crippen molar-refractivity contribution in [2.24, 2.45) is 17.7 Å². The average molecular weight is 336 g/mol. The number of nitrogens with two attached hydrogens (primary N) is 1. The van der Waals surface area contributed by atoms with Crippen LogP contribution in [0.3, 0.4) is 0 Å². The molecule has 24 heavy (non-hydrogen) atoms. The van der Waals surface area contributed by atoms with Crippen LogP contribution in [0.25, 0.3) is 0 Å².